The maximum Gasteiger partial charge on any atom is 0.329 e. The van der Waals surface area contributed by atoms with E-state index in [0.717, 1.165) is 19.2 Å². The molecule has 2 aromatic rings. The number of carbonyl (C=O) groups excluding carboxylic acids is 1. The molecule has 12 nitrogen and oxygen atoms in total. The molecule has 160 valence electrons. The Labute approximate surface area is 172 Å². The van der Waals surface area contributed by atoms with E-state index in [1.165, 1.54) is 24.3 Å². The highest BCUT2D eigenvalue weighted by Gasteiger charge is 2.20. The molecule has 4 N–H and O–H groups in total. The van der Waals surface area contributed by atoms with E-state index in [-0.39, 0.29) is 28.3 Å². The molecule has 1 saturated heterocycles. The van der Waals surface area contributed by atoms with Crippen molar-refractivity contribution in [3.8, 4) is 0 Å². The molecule has 13 heteroatoms. The molecule has 0 unspecified atom stereocenters. The first-order chi connectivity index (χ1) is 14.2. The van der Waals surface area contributed by atoms with Gasteiger partial charge in [0.15, 0.2) is 0 Å². The Morgan fingerprint density at radius 1 is 1.27 bits per heavy atom. The Morgan fingerprint density at radius 2 is 2.00 bits per heavy atom. The summed E-state index contributed by atoms with van der Waals surface area (Å²) >= 11 is 0. The van der Waals surface area contributed by atoms with Crippen LogP contribution in [0.5, 0.6) is 0 Å². The van der Waals surface area contributed by atoms with E-state index in [0.29, 0.717) is 31.6 Å². The van der Waals surface area contributed by atoms with Gasteiger partial charge in [0.05, 0.1) is 9.82 Å². The predicted molar refractivity (Wildman–Crippen MR) is 109 cm³/mol. The molecular weight excluding hydrogens is 414 g/mol. The first-order valence-electron chi connectivity index (χ1n) is 9.17. The van der Waals surface area contributed by atoms with Crippen LogP contribution in [0.2, 0.25) is 0 Å². The third kappa shape index (κ3) is 5.39. The molecule has 1 aromatic heterocycles. The summed E-state index contributed by atoms with van der Waals surface area (Å²) in [5, 5.41) is 22.1. The molecule has 0 atom stereocenters. The van der Waals surface area contributed by atoms with Crippen molar-refractivity contribution in [2.75, 3.05) is 30.3 Å². The van der Waals surface area contributed by atoms with Crippen LogP contribution in [0, 0.1) is 10.1 Å². The average Bonchev–Trinajstić information content (AvgIpc) is 3.10. The number of amides is 1. The molecule has 30 heavy (non-hydrogen) atoms. The number of likely N-dealkylation sites (tertiary alicyclic amines) is 1. The molecule has 3 rings (SSSR count). The minimum atomic E-state index is -3.81. The molecule has 2 heterocycles. The van der Waals surface area contributed by atoms with Crippen molar-refractivity contribution < 1.29 is 18.1 Å². The van der Waals surface area contributed by atoms with Gasteiger partial charge < -0.3 is 15.5 Å². The fraction of sp³-hybridized carbons (Fsp3) is 0.353. The number of rotatable bonds is 9. The molecule has 1 aliphatic heterocycles. The zero-order valence-electron chi connectivity index (χ0n) is 15.9. The first kappa shape index (κ1) is 21.4. The Morgan fingerprint density at radius 3 is 2.60 bits per heavy atom. The number of hydrogen-bond acceptors (Lipinski definition) is 9. The lowest BCUT2D eigenvalue weighted by Crippen LogP contribution is -2.27. The van der Waals surface area contributed by atoms with Gasteiger partial charge in [-0.2, -0.15) is 4.98 Å². The molecule has 0 aliphatic carbocycles. The van der Waals surface area contributed by atoms with Gasteiger partial charge in [-0.1, -0.05) is 0 Å². The zero-order valence-corrected chi connectivity index (χ0v) is 16.8. The number of sulfonamides is 1. The summed E-state index contributed by atoms with van der Waals surface area (Å²) in [6.07, 6.45) is 3.12. The lowest BCUT2D eigenvalue weighted by Gasteiger charge is -2.15. The molecule has 0 spiro atoms. The molecule has 1 aromatic carbocycles. The SMILES string of the molecule is NS(=O)(=O)c1ccc(Nc2ncc([N+](=O)[O-])c(NCCCN3CCCC3=O)n2)cc1. The molecule has 0 bridgehead atoms. The number of nitro groups is 1. The van der Waals surface area contributed by atoms with E-state index in [9.17, 15) is 23.3 Å². The molecule has 1 amide bonds. The second-order valence-corrected chi connectivity index (χ2v) is 8.21. The van der Waals surface area contributed by atoms with Crippen LogP contribution in [0.3, 0.4) is 0 Å². The van der Waals surface area contributed by atoms with Crippen LogP contribution in [0.25, 0.3) is 0 Å². The van der Waals surface area contributed by atoms with Gasteiger partial charge in [0, 0.05) is 31.7 Å². The fourth-order valence-electron chi connectivity index (χ4n) is 2.97. The summed E-state index contributed by atoms with van der Waals surface area (Å²) in [5.74, 6) is 0.274. The van der Waals surface area contributed by atoms with Crippen LogP contribution in [0.15, 0.2) is 35.4 Å². The molecule has 1 fully saturated rings. The Bertz CT molecular complexity index is 1040. The number of aromatic nitrogens is 2. The predicted octanol–water partition coefficient (Wildman–Crippen LogP) is 1.20. The zero-order chi connectivity index (χ0) is 21.7. The van der Waals surface area contributed by atoms with Crippen molar-refractivity contribution in [1.29, 1.82) is 0 Å². The van der Waals surface area contributed by atoms with Crippen LogP contribution in [0.4, 0.5) is 23.1 Å². The monoisotopic (exact) mass is 435 g/mol. The fourth-order valence-corrected chi connectivity index (χ4v) is 3.49. The Hall–Kier alpha value is -3.32. The third-order valence-electron chi connectivity index (χ3n) is 4.47. The maximum absolute atomic E-state index is 11.6. The van der Waals surface area contributed by atoms with Crippen molar-refractivity contribution in [3.05, 3.63) is 40.6 Å². The number of carbonyl (C=O) groups is 1. The summed E-state index contributed by atoms with van der Waals surface area (Å²) in [6, 6.07) is 5.60. The van der Waals surface area contributed by atoms with Gasteiger partial charge in [0.1, 0.15) is 6.20 Å². The minimum Gasteiger partial charge on any atom is -0.364 e. The van der Waals surface area contributed by atoms with Gasteiger partial charge in [0.2, 0.25) is 27.7 Å². The van der Waals surface area contributed by atoms with Crippen molar-refractivity contribution in [2.24, 2.45) is 5.14 Å². The van der Waals surface area contributed by atoms with E-state index in [4.69, 9.17) is 5.14 Å². The summed E-state index contributed by atoms with van der Waals surface area (Å²) in [5.41, 5.74) is 0.206. The quantitative estimate of drug-likeness (QED) is 0.297. The first-order valence-corrected chi connectivity index (χ1v) is 10.7. The van der Waals surface area contributed by atoms with Gasteiger partial charge in [-0.05, 0) is 37.1 Å². The van der Waals surface area contributed by atoms with Crippen molar-refractivity contribution >= 4 is 39.1 Å². The lowest BCUT2D eigenvalue weighted by atomic mass is 10.3. The Kier molecular flexibility index (Phi) is 6.42. The summed E-state index contributed by atoms with van der Waals surface area (Å²) in [7, 11) is -3.81. The molecule has 0 radical (unpaired) electrons. The molecular formula is C17H21N7O5S. The number of hydrogen-bond donors (Lipinski definition) is 3. The standard InChI is InChI=1S/C17H21N7O5S/c18-30(28,29)13-6-4-12(5-7-13)21-17-20-11-14(24(26)27)16(22-17)19-8-2-10-23-9-1-3-15(23)25/h4-7,11H,1-3,8-10H2,(H2,18,28,29)(H2,19,20,21,22). The van der Waals surface area contributed by atoms with Crippen molar-refractivity contribution in [1.82, 2.24) is 14.9 Å². The van der Waals surface area contributed by atoms with E-state index >= 15 is 0 Å². The van der Waals surface area contributed by atoms with Crippen molar-refractivity contribution in [2.45, 2.75) is 24.2 Å². The second-order valence-electron chi connectivity index (χ2n) is 6.64. The van der Waals surface area contributed by atoms with Crippen LogP contribution in [-0.2, 0) is 14.8 Å². The lowest BCUT2D eigenvalue weighted by molar-refractivity contribution is -0.384. The largest absolute Gasteiger partial charge is 0.364 e. The smallest absolute Gasteiger partial charge is 0.329 e. The highest BCUT2D eigenvalue weighted by molar-refractivity contribution is 7.89. The summed E-state index contributed by atoms with van der Waals surface area (Å²) in [4.78, 5) is 32.1. The molecule has 0 saturated carbocycles. The summed E-state index contributed by atoms with van der Waals surface area (Å²) in [6.45, 7) is 1.71. The van der Waals surface area contributed by atoms with E-state index in [2.05, 4.69) is 20.6 Å². The summed E-state index contributed by atoms with van der Waals surface area (Å²) < 4.78 is 22.6. The second kappa shape index (κ2) is 9.00. The van der Waals surface area contributed by atoms with Gasteiger partial charge in [-0.3, -0.25) is 14.9 Å². The van der Waals surface area contributed by atoms with Crippen LogP contribution < -0.4 is 15.8 Å². The normalized spacial score (nSPS) is 14.0. The highest BCUT2D eigenvalue weighted by atomic mass is 32.2. The highest BCUT2D eigenvalue weighted by Crippen LogP contribution is 2.24. The number of primary sulfonamides is 1. The van der Waals surface area contributed by atoms with Gasteiger partial charge in [-0.25, -0.2) is 18.5 Å². The number of nitrogens with zero attached hydrogens (tertiary/aromatic N) is 4. The van der Waals surface area contributed by atoms with Crippen LogP contribution >= 0.6 is 0 Å². The number of nitrogens with one attached hydrogen (secondary N) is 2. The number of nitrogens with two attached hydrogens (primary N) is 1. The van der Waals surface area contributed by atoms with Crippen LogP contribution in [0.1, 0.15) is 19.3 Å². The van der Waals surface area contributed by atoms with E-state index in [1.807, 2.05) is 0 Å². The molecule has 1 aliphatic rings. The van der Waals surface area contributed by atoms with Crippen LogP contribution in [-0.4, -0.2) is 53.8 Å². The van der Waals surface area contributed by atoms with Gasteiger partial charge in [-0.15, -0.1) is 0 Å². The van der Waals surface area contributed by atoms with Gasteiger partial charge in [0.25, 0.3) is 0 Å². The van der Waals surface area contributed by atoms with E-state index < -0.39 is 14.9 Å². The van der Waals surface area contributed by atoms with E-state index in [1.54, 1.807) is 4.90 Å². The number of anilines is 3. The minimum absolute atomic E-state index is 0.0449. The topological polar surface area (TPSA) is 173 Å². The average molecular weight is 435 g/mol. The maximum atomic E-state index is 11.6. The van der Waals surface area contributed by atoms with Gasteiger partial charge >= 0.3 is 5.69 Å². The third-order valence-corrected chi connectivity index (χ3v) is 5.40. The Balaban J connectivity index is 1.66. The number of benzene rings is 1. The van der Waals surface area contributed by atoms with Crippen molar-refractivity contribution in [3.63, 3.8) is 0 Å².